The largest absolute Gasteiger partial charge is 0.0654 e. The highest BCUT2D eigenvalue weighted by atomic mass is 14.2. The summed E-state index contributed by atoms with van der Waals surface area (Å²) < 4.78 is 0. The molecule has 0 heterocycles. The molecule has 0 rings (SSSR count). The predicted octanol–water partition coefficient (Wildman–Crippen LogP) is 9.32. The van der Waals surface area contributed by atoms with Gasteiger partial charge in [0.15, 0.2) is 0 Å². The quantitative estimate of drug-likeness (QED) is 0.206. The molecule has 146 valence electrons. The van der Waals surface area contributed by atoms with Crippen LogP contribution in [0.3, 0.4) is 0 Å². The Hall–Kier alpha value is 0. The van der Waals surface area contributed by atoms with Crippen molar-refractivity contribution >= 4 is 0 Å². The first-order valence-electron chi connectivity index (χ1n) is 11.8. The van der Waals surface area contributed by atoms with Crippen molar-refractivity contribution in [2.75, 3.05) is 0 Å². The van der Waals surface area contributed by atoms with Gasteiger partial charge < -0.3 is 0 Å². The second-order valence-corrected chi connectivity index (χ2v) is 8.18. The number of hydrogen-bond acceptors (Lipinski definition) is 0. The minimum absolute atomic E-state index is 1.01. The van der Waals surface area contributed by atoms with Gasteiger partial charge in [0.1, 0.15) is 0 Å². The van der Waals surface area contributed by atoms with Crippen LogP contribution >= 0.6 is 0 Å². The van der Waals surface area contributed by atoms with Crippen molar-refractivity contribution in [3.63, 3.8) is 0 Å². The minimum atomic E-state index is 1.01. The molecule has 0 saturated heterocycles. The molecule has 0 amide bonds. The van der Waals surface area contributed by atoms with Gasteiger partial charge in [-0.2, -0.15) is 0 Å². The number of hydrogen-bond donors (Lipinski definition) is 0. The third-order valence-corrected chi connectivity index (χ3v) is 5.98. The van der Waals surface area contributed by atoms with Gasteiger partial charge in [-0.15, -0.1) is 0 Å². The molecular formula is C24H50. The van der Waals surface area contributed by atoms with E-state index >= 15 is 0 Å². The van der Waals surface area contributed by atoms with Gasteiger partial charge in [0.25, 0.3) is 0 Å². The topological polar surface area (TPSA) is 0 Å². The minimum Gasteiger partial charge on any atom is -0.0654 e. The van der Waals surface area contributed by atoms with Crippen molar-refractivity contribution in [2.45, 2.75) is 143 Å². The van der Waals surface area contributed by atoms with Crippen LogP contribution in [0.4, 0.5) is 0 Å². The Morgan fingerprint density at radius 3 is 1.21 bits per heavy atom. The van der Waals surface area contributed by atoms with Crippen LogP contribution < -0.4 is 0 Å². The highest BCUT2D eigenvalue weighted by molar-refractivity contribution is 4.70. The van der Waals surface area contributed by atoms with E-state index in [-0.39, 0.29) is 0 Å². The lowest BCUT2D eigenvalue weighted by atomic mass is 9.79. The van der Waals surface area contributed by atoms with Gasteiger partial charge in [-0.1, -0.05) is 143 Å². The van der Waals surface area contributed by atoms with E-state index in [1.165, 1.54) is 116 Å². The van der Waals surface area contributed by atoms with Gasteiger partial charge in [-0.25, -0.2) is 0 Å². The number of rotatable bonds is 19. The Kier molecular flexibility index (Phi) is 19.3. The maximum atomic E-state index is 2.45. The summed E-state index contributed by atoms with van der Waals surface area (Å²) in [6.45, 7) is 9.43. The Morgan fingerprint density at radius 2 is 0.750 bits per heavy atom. The van der Waals surface area contributed by atoms with E-state index in [1.54, 1.807) is 0 Å². The van der Waals surface area contributed by atoms with Gasteiger partial charge in [-0.05, 0) is 11.8 Å². The number of unbranched alkanes of at least 4 members (excludes halogenated alkanes) is 11. The summed E-state index contributed by atoms with van der Waals surface area (Å²) in [7, 11) is 0. The van der Waals surface area contributed by atoms with E-state index in [0.29, 0.717) is 0 Å². The Bertz CT molecular complexity index is 220. The molecule has 0 fully saturated rings. The van der Waals surface area contributed by atoms with E-state index in [0.717, 1.165) is 11.8 Å². The van der Waals surface area contributed by atoms with E-state index in [9.17, 15) is 0 Å². The highest BCUT2D eigenvalue weighted by Crippen LogP contribution is 2.31. The standard InChI is InChI=1S/C24H50/c1-5-9-12-14-15-17-18-21-23(8-4)24(20-11-7-3)22-19-16-13-10-6-2/h23-24H,5-22H2,1-4H3. The van der Waals surface area contributed by atoms with Crippen LogP contribution in [-0.4, -0.2) is 0 Å². The van der Waals surface area contributed by atoms with E-state index in [4.69, 9.17) is 0 Å². The summed E-state index contributed by atoms with van der Waals surface area (Å²) in [6, 6.07) is 0. The second kappa shape index (κ2) is 19.3. The molecule has 0 saturated carbocycles. The zero-order chi connectivity index (χ0) is 17.9. The first kappa shape index (κ1) is 24.0. The molecule has 2 unspecified atom stereocenters. The second-order valence-electron chi connectivity index (χ2n) is 8.18. The van der Waals surface area contributed by atoms with Gasteiger partial charge >= 0.3 is 0 Å². The molecular weight excluding hydrogens is 288 g/mol. The molecule has 2 atom stereocenters. The van der Waals surface area contributed by atoms with Crippen molar-refractivity contribution in [1.82, 2.24) is 0 Å². The summed E-state index contributed by atoms with van der Waals surface area (Å²) in [5.74, 6) is 2.04. The van der Waals surface area contributed by atoms with Crippen LogP contribution in [-0.2, 0) is 0 Å². The van der Waals surface area contributed by atoms with E-state index < -0.39 is 0 Å². The molecule has 0 N–H and O–H groups in total. The molecule has 24 heavy (non-hydrogen) atoms. The first-order valence-corrected chi connectivity index (χ1v) is 11.8. The van der Waals surface area contributed by atoms with Crippen molar-refractivity contribution < 1.29 is 0 Å². The van der Waals surface area contributed by atoms with E-state index in [2.05, 4.69) is 27.7 Å². The molecule has 0 aromatic heterocycles. The maximum Gasteiger partial charge on any atom is -0.0386 e. The van der Waals surface area contributed by atoms with Gasteiger partial charge in [0.05, 0.1) is 0 Å². The molecule has 0 radical (unpaired) electrons. The molecule has 0 aromatic rings. The predicted molar refractivity (Wildman–Crippen MR) is 113 cm³/mol. The van der Waals surface area contributed by atoms with Crippen molar-refractivity contribution in [3.8, 4) is 0 Å². The molecule has 0 aliphatic carbocycles. The normalized spacial score (nSPS) is 14.0. The summed E-state index contributed by atoms with van der Waals surface area (Å²) in [5.41, 5.74) is 0. The summed E-state index contributed by atoms with van der Waals surface area (Å²) in [6.07, 6.45) is 26.2. The summed E-state index contributed by atoms with van der Waals surface area (Å²) >= 11 is 0. The summed E-state index contributed by atoms with van der Waals surface area (Å²) in [4.78, 5) is 0. The zero-order valence-electron chi connectivity index (χ0n) is 17.9. The molecule has 0 spiro atoms. The van der Waals surface area contributed by atoms with Gasteiger partial charge in [0, 0.05) is 0 Å². The summed E-state index contributed by atoms with van der Waals surface area (Å²) in [5, 5.41) is 0. The lowest BCUT2D eigenvalue weighted by Crippen LogP contribution is -2.15. The van der Waals surface area contributed by atoms with Crippen molar-refractivity contribution in [2.24, 2.45) is 11.8 Å². The van der Waals surface area contributed by atoms with Gasteiger partial charge in [-0.3, -0.25) is 0 Å². The fourth-order valence-corrected chi connectivity index (χ4v) is 4.23. The Labute approximate surface area is 155 Å². The molecule has 0 aromatic carbocycles. The average molecular weight is 339 g/mol. The SMILES string of the molecule is CCCCCCCCCC(CC)C(CCCC)CCCCCCC. The lowest BCUT2D eigenvalue weighted by molar-refractivity contribution is 0.250. The van der Waals surface area contributed by atoms with Crippen LogP contribution in [0.15, 0.2) is 0 Å². The fraction of sp³-hybridized carbons (Fsp3) is 1.00. The van der Waals surface area contributed by atoms with Crippen molar-refractivity contribution in [3.05, 3.63) is 0 Å². The molecule has 0 bridgehead atoms. The molecule has 0 aliphatic rings. The van der Waals surface area contributed by atoms with Gasteiger partial charge in [0.2, 0.25) is 0 Å². The smallest absolute Gasteiger partial charge is 0.0386 e. The lowest BCUT2D eigenvalue weighted by Gasteiger charge is -2.26. The Morgan fingerprint density at radius 1 is 0.375 bits per heavy atom. The third kappa shape index (κ3) is 14.4. The van der Waals surface area contributed by atoms with Crippen LogP contribution in [0.2, 0.25) is 0 Å². The zero-order valence-corrected chi connectivity index (χ0v) is 17.9. The monoisotopic (exact) mass is 338 g/mol. The first-order chi connectivity index (χ1) is 11.8. The maximum absolute atomic E-state index is 2.45. The average Bonchev–Trinajstić information content (AvgIpc) is 2.60. The van der Waals surface area contributed by atoms with E-state index in [1.807, 2.05) is 0 Å². The van der Waals surface area contributed by atoms with Crippen LogP contribution in [0.25, 0.3) is 0 Å². The third-order valence-electron chi connectivity index (χ3n) is 5.98. The highest BCUT2D eigenvalue weighted by Gasteiger charge is 2.18. The Balaban J connectivity index is 3.99. The van der Waals surface area contributed by atoms with Crippen LogP contribution in [0.5, 0.6) is 0 Å². The molecule has 0 aliphatic heterocycles. The van der Waals surface area contributed by atoms with Crippen LogP contribution in [0, 0.1) is 11.8 Å². The van der Waals surface area contributed by atoms with Crippen LogP contribution in [0.1, 0.15) is 143 Å². The molecule has 0 heteroatoms. The van der Waals surface area contributed by atoms with Crippen molar-refractivity contribution in [1.29, 1.82) is 0 Å². The fourth-order valence-electron chi connectivity index (χ4n) is 4.23. The molecule has 0 nitrogen and oxygen atoms in total.